The van der Waals surface area contributed by atoms with Crippen LogP contribution >= 0.6 is 31.7 Å². The first-order valence-corrected chi connectivity index (χ1v) is 39.5. The molecule has 0 saturated carbocycles. The molecule has 1 fully saturated rings. The van der Waals surface area contributed by atoms with Gasteiger partial charge in [-0.3, -0.25) is 9.88 Å². The number of pyridine rings is 3. The Kier molecular flexibility index (Phi) is 26.1. The second-order valence-electron chi connectivity index (χ2n) is 24.7. The van der Waals surface area contributed by atoms with Gasteiger partial charge in [0.05, 0.1) is 5.44 Å². The van der Waals surface area contributed by atoms with Crippen molar-refractivity contribution in [2.75, 3.05) is 15.7 Å². The number of rotatable bonds is 16. The molecule has 0 radical (unpaired) electrons. The van der Waals surface area contributed by atoms with E-state index in [4.69, 9.17) is 0 Å². The number of benzene rings is 11. The lowest BCUT2D eigenvalue weighted by molar-refractivity contribution is 0.448. The molecule has 1 saturated heterocycles. The molecule has 0 unspecified atom stereocenters. The first-order valence-electron chi connectivity index (χ1n) is 33.7. The van der Waals surface area contributed by atoms with Gasteiger partial charge < -0.3 is 4.90 Å². The summed E-state index contributed by atoms with van der Waals surface area (Å²) in [5.41, 5.74) is 3.80. The summed E-state index contributed by atoms with van der Waals surface area (Å²) in [5, 5.41) is 12.7. The second kappa shape index (κ2) is 36.7. The van der Waals surface area contributed by atoms with Crippen molar-refractivity contribution in [1.82, 2.24) is 15.0 Å². The highest BCUT2D eigenvalue weighted by Gasteiger charge is 2.45. The Morgan fingerprint density at radius 1 is 0.273 bits per heavy atom. The van der Waals surface area contributed by atoms with Crippen molar-refractivity contribution in [2.45, 2.75) is 51.6 Å². The molecule has 0 bridgehead atoms. The number of anilines is 4. The average Bonchev–Trinajstić information content (AvgIpc) is 1.61. The van der Waals surface area contributed by atoms with Crippen molar-refractivity contribution >= 4 is 108 Å². The van der Waals surface area contributed by atoms with Crippen LogP contribution in [0.4, 0.5) is 23.0 Å². The van der Waals surface area contributed by atoms with Crippen LogP contribution in [-0.2, 0) is 0 Å². The van der Waals surface area contributed by atoms with E-state index in [0.717, 1.165) is 28.4 Å². The maximum Gasteiger partial charge on any atom is 0.137 e. The predicted octanol–water partition coefficient (Wildman–Crippen LogP) is 19.3. The predicted molar refractivity (Wildman–Crippen MR) is 434 cm³/mol. The van der Waals surface area contributed by atoms with E-state index in [0.29, 0.717) is 0 Å². The molecular weight excluding hydrogens is 1270 g/mol. The fourth-order valence-corrected chi connectivity index (χ4v) is 23.2. The molecule has 0 atom stereocenters. The summed E-state index contributed by atoms with van der Waals surface area (Å²) in [4.78, 5) is 18.1. The largest absolute Gasteiger partial charge is 0.346 e. The molecule has 11 aromatic carbocycles. The second-order valence-corrected chi connectivity index (χ2v) is 34.0. The van der Waals surface area contributed by atoms with Gasteiger partial charge in [-0.05, 0) is 173 Å². The van der Waals surface area contributed by atoms with E-state index in [-0.39, 0.29) is 11.1 Å². The fraction of sp³-hybridized carbons (Fsp3) is 0.100. The maximum absolute atomic E-state index is 4.56. The van der Waals surface area contributed by atoms with Gasteiger partial charge in [-0.25, -0.2) is 9.97 Å². The Morgan fingerprint density at radius 2 is 0.535 bits per heavy atom. The zero-order valence-corrected chi connectivity index (χ0v) is 60.4. The highest BCUT2D eigenvalue weighted by Crippen LogP contribution is 2.49. The van der Waals surface area contributed by atoms with E-state index in [1.54, 1.807) is 0 Å². The van der Waals surface area contributed by atoms with E-state index < -0.39 is 31.7 Å². The van der Waals surface area contributed by atoms with Gasteiger partial charge >= 0.3 is 0 Å². The molecule has 3 aromatic heterocycles. The Bertz CT molecular complexity index is 3750. The lowest BCUT2D eigenvalue weighted by Gasteiger charge is -2.41. The van der Waals surface area contributed by atoms with Crippen molar-refractivity contribution in [2.24, 2.45) is 0 Å². The van der Waals surface area contributed by atoms with Crippen LogP contribution in [-0.4, -0.2) is 31.9 Å². The van der Waals surface area contributed by atoms with E-state index in [2.05, 4.69) is 374 Å². The zero-order valence-electron chi connectivity index (χ0n) is 56.8. The molecule has 1 aliphatic rings. The summed E-state index contributed by atoms with van der Waals surface area (Å²) in [6, 6.07) is 136. The Hall–Kier alpha value is -9.81. The van der Waals surface area contributed by atoms with Crippen LogP contribution in [0.25, 0.3) is 0 Å². The van der Waals surface area contributed by atoms with Crippen LogP contribution < -0.4 is 63.0 Å². The quantitative estimate of drug-likeness (QED) is 0.0902. The van der Waals surface area contributed by atoms with Gasteiger partial charge in [-0.2, -0.15) is 0 Å². The van der Waals surface area contributed by atoms with Gasteiger partial charge in [0, 0.05) is 54.9 Å². The van der Waals surface area contributed by atoms with Crippen LogP contribution in [0.5, 0.6) is 0 Å². The minimum atomic E-state index is -0.557. The van der Waals surface area contributed by atoms with Crippen molar-refractivity contribution < 1.29 is 0 Å². The standard InChI is InChI=1S/C25H22P2.C18H15P.C17H14N2.C17H14NP.C13H20N2/c1-5-13-22(14-6-1)26(23-15-7-2-8-16-23)21-27(24-17-9-3-10-18-24)25-19-11-4-12-20-25;1-4-10-16(11-5-1)19(17-12-6-2-7-13-17)18-14-8-3-9-15-18;2*1-3-9-15(10-4-1)19(16-11-5-2-6-12-16)17-13-7-8-14-18-17;1-12(2)8-9-13(3,4)15(12)11-7-5-6-10-14-11/h1-20H,21H2;1-15H;2*1-14H;5-7,10H,8-9H2,1-4H3. The SMILES string of the molecule is CC1(C)CCC(C)(C)N1c1ccccn1.c1ccc(N(c2ccccc2)c2ccccn2)cc1.c1ccc(P(CP(c2ccccc2)c2ccccc2)c2ccccc2)cc1.c1ccc(P(c2ccccc2)c2ccccc2)cc1.c1ccc(P(c2ccccc2)c2ccccn2)cc1. The molecular formula is C90H85N5P4. The van der Waals surface area contributed by atoms with Gasteiger partial charge in [-0.15, -0.1) is 0 Å². The fourth-order valence-electron chi connectivity index (χ4n) is 12.2. The number of hydrogen-bond donors (Lipinski definition) is 0. The van der Waals surface area contributed by atoms with Gasteiger partial charge in [-0.1, -0.05) is 328 Å². The van der Waals surface area contributed by atoms with Crippen LogP contribution in [0.15, 0.2) is 407 Å². The normalized spacial score (nSPS) is 12.5. The summed E-state index contributed by atoms with van der Waals surface area (Å²) >= 11 is 0. The van der Waals surface area contributed by atoms with Crippen LogP contribution in [0.1, 0.15) is 40.5 Å². The molecule has 0 spiro atoms. The third-order valence-corrected chi connectivity index (χ3v) is 27.6. The lowest BCUT2D eigenvalue weighted by Crippen LogP contribution is -2.48. The Labute approximate surface area is 593 Å². The first-order chi connectivity index (χ1) is 48.7. The zero-order chi connectivity index (χ0) is 68.2. The summed E-state index contributed by atoms with van der Waals surface area (Å²) in [6.07, 6.45) is 8.03. The van der Waals surface area contributed by atoms with E-state index in [1.165, 1.54) is 66.5 Å². The van der Waals surface area contributed by atoms with Crippen LogP contribution in [0.2, 0.25) is 0 Å². The smallest absolute Gasteiger partial charge is 0.137 e. The number of nitrogens with zero attached hydrogens (tertiary/aromatic N) is 5. The molecule has 0 amide bonds. The molecule has 99 heavy (non-hydrogen) atoms. The molecule has 490 valence electrons. The van der Waals surface area contributed by atoms with Crippen LogP contribution in [0.3, 0.4) is 0 Å². The first kappa shape index (κ1) is 70.5. The molecule has 4 heterocycles. The molecule has 1 aliphatic heterocycles. The molecule has 14 aromatic rings. The highest BCUT2D eigenvalue weighted by molar-refractivity contribution is 7.88. The Balaban J connectivity index is 0.000000127. The number of hydrogen-bond acceptors (Lipinski definition) is 5. The van der Waals surface area contributed by atoms with Gasteiger partial charge in [0.2, 0.25) is 0 Å². The molecule has 0 N–H and O–H groups in total. The number of para-hydroxylation sites is 2. The summed E-state index contributed by atoms with van der Waals surface area (Å²) < 4.78 is 0. The minimum Gasteiger partial charge on any atom is -0.346 e. The van der Waals surface area contributed by atoms with Gasteiger partial charge in [0.1, 0.15) is 11.6 Å². The molecule has 15 rings (SSSR count). The summed E-state index contributed by atoms with van der Waals surface area (Å²) in [6.45, 7) is 9.21. The third-order valence-electron chi connectivity index (χ3n) is 16.8. The number of aromatic nitrogens is 3. The molecule has 5 nitrogen and oxygen atoms in total. The minimum absolute atomic E-state index is 0.220. The summed E-state index contributed by atoms with van der Waals surface area (Å²) in [7, 11) is -1.82. The van der Waals surface area contributed by atoms with Gasteiger partial charge in [0.15, 0.2) is 0 Å². The molecule has 9 heteroatoms. The Morgan fingerprint density at radius 3 is 0.818 bits per heavy atom. The average molecular weight is 1360 g/mol. The maximum atomic E-state index is 4.56. The van der Waals surface area contributed by atoms with E-state index >= 15 is 0 Å². The summed E-state index contributed by atoms with van der Waals surface area (Å²) in [5.74, 6) is 3.19. The van der Waals surface area contributed by atoms with Crippen molar-refractivity contribution in [1.29, 1.82) is 0 Å². The van der Waals surface area contributed by atoms with Gasteiger partial charge in [0.25, 0.3) is 0 Å². The lowest BCUT2D eigenvalue weighted by atomic mass is 10.0. The third kappa shape index (κ3) is 20.0. The van der Waals surface area contributed by atoms with Crippen molar-refractivity contribution in [3.05, 3.63) is 407 Å². The topological polar surface area (TPSA) is 45.2 Å². The van der Waals surface area contributed by atoms with Crippen LogP contribution in [0, 0.1) is 0 Å². The van der Waals surface area contributed by atoms with Crippen molar-refractivity contribution in [3.8, 4) is 0 Å². The monoisotopic (exact) mass is 1360 g/mol. The molecule has 0 aliphatic carbocycles. The van der Waals surface area contributed by atoms with E-state index in [1.807, 2.05) is 85.3 Å². The van der Waals surface area contributed by atoms with E-state index in [9.17, 15) is 0 Å². The highest BCUT2D eigenvalue weighted by atomic mass is 31.2. The van der Waals surface area contributed by atoms with Crippen molar-refractivity contribution in [3.63, 3.8) is 0 Å².